The Balaban J connectivity index is 0.000000373. The maximum atomic E-state index is 11.1. The normalized spacial score (nSPS) is 10.1. The number of para-hydroxylation sites is 1. The van der Waals surface area contributed by atoms with Gasteiger partial charge in [0.15, 0.2) is 5.43 Å². The summed E-state index contributed by atoms with van der Waals surface area (Å²) in [5.41, 5.74) is 1.15. The average Bonchev–Trinajstić information content (AvgIpc) is 2.16. The maximum Gasteiger partial charge on any atom is 0.192 e. The molecule has 0 N–H and O–H groups in total. The fourth-order valence-corrected chi connectivity index (χ4v) is 1.03. The second kappa shape index (κ2) is 6.24. The molecule has 0 saturated heterocycles. The first-order valence-corrected chi connectivity index (χ1v) is 5.34. The third kappa shape index (κ3) is 5.91. The van der Waals surface area contributed by atoms with Crippen LogP contribution in [0.3, 0.4) is 0 Å². The van der Waals surface area contributed by atoms with Crippen LogP contribution in [0.25, 0.3) is 11.0 Å². The predicted octanol–water partition coefficient (Wildman–Crippen LogP) is 4.48. The van der Waals surface area contributed by atoms with Crippen molar-refractivity contribution >= 4 is 11.0 Å². The summed E-state index contributed by atoms with van der Waals surface area (Å²) in [5.74, 6) is 0. The highest BCUT2D eigenvalue weighted by atomic mass is 16.3. The average molecular weight is 234 g/mol. The molecule has 2 aromatic rings. The summed E-state index contributed by atoms with van der Waals surface area (Å²) < 4.78 is 5.09. The van der Waals surface area contributed by atoms with Crippen LogP contribution >= 0.6 is 0 Å². The Hall–Kier alpha value is -1.57. The minimum Gasteiger partial charge on any atom is -0.464 e. The van der Waals surface area contributed by atoms with Crippen molar-refractivity contribution in [1.29, 1.82) is 0 Å². The molecule has 17 heavy (non-hydrogen) atoms. The van der Waals surface area contributed by atoms with Crippen LogP contribution in [0, 0.1) is 5.41 Å². The van der Waals surface area contributed by atoms with Crippen LogP contribution in [0.4, 0.5) is 0 Å². The van der Waals surface area contributed by atoms with E-state index in [0.717, 1.165) is 0 Å². The van der Waals surface area contributed by atoms with Crippen molar-refractivity contribution in [2.45, 2.75) is 35.1 Å². The first kappa shape index (κ1) is 15.4. The summed E-state index contributed by atoms with van der Waals surface area (Å²) in [6.45, 7) is 8.75. The van der Waals surface area contributed by atoms with Gasteiger partial charge in [0, 0.05) is 6.07 Å². The highest BCUT2D eigenvalue weighted by Gasteiger charge is 1.96. The van der Waals surface area contributed by atoms with E-state index in [1.54, 1.807) is 12.1 Å². The highest BCUT2D eigenvalue weighted by molar-refractivity contribution is 5.75. The van der Waals surface area contributed by atoms with Crippen LogP contribution in [0.5, 0.6) is 0 Å². The summed E-state index contributed by atoms with van der Waals surface area (Å²) in [4.78, 5) is 11.1. The van der Waals surface area contributed by atoms with E-state index < -0.39 is 0 Å². The molecule has 2 nitrogen and oxygen atoms in total. The van der Waals surface area contributed by atoms with Gasteiger partial charge in [0.25, 0.3) is 0 Å². The van der Waals surface area contributed by atoms with E-state index >= 15 is 0 Å². The molecule has 2 rings (SSSR count). The Morgan fingerprint density at radius 2 is 1.53 bits per heavy atom. The molecule has 0 aliphatic heterocycles. The van der Waals surface area contributed by atoms with E-state index in [-0.39, 0.29) is 12.9 Å². The van der Waals surface area contributed by atoms with Crippen LogP contribution < -0.4 is 5.43 Å². The SMILES string of the molecule is C.CC(C)(C)C.O=c1ccoc2ccccc12. The quantitative estimate of drug-likeness (QED) is 0.672. The summed E-state index contributed by atoms with van der Waals surface area (Å²) >= 11 is 0. The Morgan fingerprint density at radius 3 is 2.06 bits per heavy atom. The third-order valence-corrected chi connectivity index (χ3v) is 1.57. The van der Waals surface area contributed by atoms with Gasteiger partial charge in [0.2, 0.25) is 0 Å². The fourth-order valence-electron chi connectivity index (χ4n) is 1.03. The first-order chi connectivity index (χ1) is 7.38. The minimum atomic E-state index is 0. The smallest absolute Gasteiger partial charge is 0.192 e. The number of benzene rings is 1. The molecule has 0 saturated carbocycles. The molecule has 1 heterocycles. The summed E-state index contributed by atoms with van der Waals surface area (Å²) in [5, 5.41) is 0.634. The van der Waals surface area contributed by atoms with Crippen LogP contribution in [-0.4, -0.2) is 0 Å². The third-order valence-electron chi connectivity index (χ3n) is 1.57. The number of fused-ring (bicyclic) bond motifs is 1. The molecule has 0 fully saturated rings. The molecule has 0 aliphatic carbocycles. The van der Waals surface area contributed by atoms with Crippen molar-refractivity contribution in [1.82, 2.24) is 0 Å². The standard InChI is InChI=1S/C9H6O2.C5H12.CH4/c10-8-5-6-11-9-4-2-1-3-7(8)9;1-5(2,3)4;/h1-6H;1-4H3;1H4. The lowest BCUT2D eigenvalue weighted by Gasteiger charge is -2.05. The van der Waals surface area contributed by atoms with Gasteiger partial charge in [-0.1, -0.05) is 47.3 Å². The van der Waals surface area contributed by atoms with Crippen LogP contribution in [0.1, 0.15) is 35.1 Å². The van der Waals surface area contributed by atoms with E-state index in [9.17, 15) is 4.79 Å². The molecule has 0 spiro atoms. The molecule has 1 aromatic heterocycles. The van der Waals surface area contributed by atoms with E-state index in [4.69, 9.17) is 4.42 Å². The van der Waals surface area contributed by atoms with Crippen molar-refractivity contribution in [3.05, 3.63) is 46.8 Å². The molecule has 0 aliphatic rings. The van der Waals surface area contributed by atoms with Crippen LogP contribution in [-0.2, 0) is 0 Å². The molecular weight excluding hydrogens is 212 g/mol. The molecule has 0 atom stereocenters. The van der Waals surface area contributed by atoms with Gasteiger partial charge >= 0.3 is 0 Å². The molecule has 0 amide bonds. The number of rotatable bonds is 0. The van der Waals surface area contributed by atoms with Crippen LogP contribution in [0.15, 0.2) is 45.8 Å². The zero-order chi connectivity index (χ0) is 12.2. The second-order valence-corrected chi connectivity index (χ2v) is 5.28. The molecule has 1 aromatic carbocycles. The van der Waals surface area contributed by atoms with Crippen molar-refractivity contribution in [2.75, 3.05) is 0 Å². The van der Waals surface area contributed by atoms with E-state index in [0.29, 0.717) is 16.4 Å². The largest absolute Gasteiger partial charge is 0.464 e. The van der Waals surface area contributed by atoms with Crippen molar-refractivity contribution in [2.24, 2.45) is 5.41 Å². The zero-order valence-corrected chi connectivity index (χ0v) is 10.3. The topological polar surface area (TPSA) is 30.2 Å². The van der Waals surface area contributed by atoms with E-state index in [1.807, 2.05) is 12.1 Å². The van der Waals surface area contributed by atoms with Gasteiger partial charge in [-0.05, 0) is 17.5 Å². The van der Waals surface area contributed by atoms with E-state index in [2.05, 4.69) is 27.7 Å². The van der Waals surface area contributed by atoms with Crippen molar-refractivity contribution in [3.8, 4) is 0 Å². The lowest BCUT2D eigenvalue weighted by Crippen LogP contribution is -1.96. The Labute approximate surface area is 103 Å². The van der Waals surface area contributed by atoms with Gasteiger partial charge in [-0.25, -0.2) is 0 Å². The van der Waals surface area contributed by atoms with Gasteiger partial charge in [0.05, 0.1) is 11.6 Å². The number of hydrogen-bond donors (Lipinski definition) is 0. The van der Waals surface area contributed by atoms with Gasteiger partial charge in [-0.3, -0.25) is 4.79 Å². The predicted molar refractivity (Wildman–Crippen MR) is 74.3 cm³/mol. The Kier molecular flexibility index (Phi) is 5.66. The molecule has 2 heteroatoms. The molecule has 0 unspecified atom stereocenters. The molecule has 0 radical (unpaired) electrons. The Morgan fingerprint density at radius 1 is 1.00 bits per heavy atom. The highest BCUT2D eigenvalue weighted by Crippen LogP contribution is 2.08. The second-order valence-electron chi connectivity index (χ2n) is 5.28. The molecular formula is C15H22O2. The number of hydrogen-bond acceptors (Lipinski definition) is 2. The zero-order valence-electron chi connectivity index (χ0n) is 10.3. The van der Waals surface area contributed by atoms with Crippen molar-refractivity contribution in [3.63, 3.8) is 0 Å². The Bertz CT molecular complexity index is 493. The maximum absolute atomic E-state index is 11.1. The van der Waals surface area contributed by atoms with Gasteiger partial charge in [-0.2, -0.15) is 0 Å². The molecule has 0 bridgehead atoms. The van der Waals surface area contributed by atoms with Crippen LogP contribution in [0.2, 0.25) is 0 Å². The lowest BCUT2D eigenvalue weighted by atomic mass is 10.0. The van der Waals surface area contributed by atoms with E-state index in [1.165, 1.54) is 12.3 Å². The molecule has 94 valence electrons. The fraction of sp³-hybridized carbons (Fsp3) is 0.400. The van der Waals surface area contributed by atoms with Gasteiger partial charge in [0.1, 0.15) is 5.58 Å². The summed E-state index contributed by atoms with van der Waals surface area (Å²) in [7, 11) is 0. The summed E-state index contributed by atoms with van der Waals surface area (Å²) in [6.07, 6.45) is 1.41. The minimum absolute atomic E-state index is 0. The van der Waals surface area contributed by atoms with Gasteiger partial charge in [-0.15, -0.1) is 0 Å². The monoisotopic (exact) mass is 234 g/mol. The van der Waals surface area contributed by atoms with Gasteiger partial charge < -0.3 is 4.42 Å². The first-order valence-electron chi connectivity index (χ1n) is 5.34. The summed E-state index contributed by atoms with van der Waals surface area (Å²) in [6, 6.07) is 8.60. The van der Waals surface area contributed by atoms with Crippen molar-refractivity contribution < 1.29 is 4.42 Å². The lowest BCUT2D eigenvalue weighted by molar-refractivity contribution is 0.469.